The Kier molecular flexibility index (Phi) is 19.2. The molecule has 0 aromatic carbocycles. The highest BCUT2D eigenvalue weighted by Crippen LogP contribution is 2.37. The van der Waals surface area contributed by atoms with Gasteiger partial charge in [0.05, 0.1) is 0 Å². The van der Waals surface area contributed by atoms with Crippen molar-refractivity contribution in [1.29, 1.82) is 0 Å². The summed E-state index contributed by atoms with van der Waals surface area (Å²) in [4.78, 5) is 0. The summed E-state index contributed by atoms with van der Waals surface area (Å²) in [5.74, 6) is 2.28. The summed E-state index contributed by atoms with van der Waals surface area (Å²) in [5.41, 5.74) is 0. The zero-order chi connectivity index (χ0) is 14.2. The average Bonchev–Trinajstić information content (AvgIpc) is 2.55. The third kappa shape index (κ3) is 9.00. The predicted molar refractivity (Wildman–Crippen MR) is 87.2 cm³/mol. The van der Waals surface area contributed by atoms with E-state index in [1.54, 1.807) is 25.7 Å². The molecule has 2 aliphatic rings. The van der Waals surface area contributed by atoms with Gasteiger partial charge in [0.15, 0.2) is 0 Å². The van der Waals surface area contributed by atoms with Gasteiger partial charge in [0.1, 0.15) is 0 Å². The Bertz CT molecular complexity index is 100. The molecule has 0 nitrogen and oxygen atoms in total. The Morgan fingerprint density at radius 3 is 0.833 bits per heavy atom. The Balaban J connectivity index is 0. The smallest absolute Gasteiger partial charge is 0.0386 e. The lowest BCUT2D eigenvalue weighted by Gasteiger charge is -2.32. The van der Waals surface area contributed by atoms with Gasteiger partial charge in [-0.15, -0.1) is 0 Å². The summed E-state index contributed by atoms with van der Waals surface area (Å²) in [7, 11) is 0. The van der Waals surface area contributed by atoms with Crippen LogP contribution in [0.15, 0.2) is 0 Å². The molecule has 2 fully saturated rings. The molecule has 0 N–H and O–H groups in total. The molecule has 0 aliphatic heterocycles. The molecule has 0 bridgehead atoms. The van der Waals surface area contributed by atoms with Crippen LogP contribution in [0.1, 0.15) is 106 Å². The molecule has 0 radical (unpaired) electrons. The second-order valence-electron chi connectivity index (χ2n) is 4.80. The quantitative estimate of drug-likeness (QED) is 0.464. The highest BCUT2D eigenvalue weighted by molar-refractivity contribution is 4.76. The molecule has 0 aromatic heterocycles. The minimum Gasteiger partial charge on any atom is -0.0683 e. The Labute approximate surface area is 118 Å². The number of rotatable bonds is 1. The maximum absolute atomic E-state index is 2.00. The summed E-state index contributed by atoms with van der Waals surface area (Å²) in [6, 6.07) is 0. The summed E-state index contributed by atoms with van der Waals surface area (Å²) in [6.07, 6.45) is 15.4. The van der Waals surface area contributed by atoms with Crippen LogP contribution in [0.5, 0.6) is 0 Å². The van der Waals surface area contributed by atoms with Crippen molar-refractivity contribution in [3.8, 4) is 0 Å². The van der Waals surface area contributed by atoms with Crippen LogP contribution >= 0.6 is 0 Å². The van der Waals surface area contributed by atoms with Gasteiger partial charge in [-0.3, -0.25) is 0 Å². The van der Waals surface area contributed by atoms with E-state index >= 15 is 0 Å². The fraction of sp³-hybridized carbons (Fsp3) is 1.00. The molecule has 18 heavy (non-hydrogen) atoms. The van der Waals surface area contributed by atoms with E-state index in [4.69, 9.17) is 0 Å². The summed E-state index contributed by atoms with van der Waals surface area (Å²) in [6.45, 7) is 12.0. The molecule has 0 heterocycles. The van der Waals surface area contributed by atoms with Gasteiger partial charge in [0, 0.05) is 0 Å². The summed E-state index contributed by atoms with van der Waals surface area (Å²) in [5, 5.41) is 0. The number of hydrogen-bond donors (Lipinski definition) is 0. The van der Waals surface area contributed by atoms with Crippen molar-refractivity contribution in [2.24, 2.45) is 11.8 Å². The first kappa shape index (κ1) is 20.3. The maximum atomic E-state index is 2.00. The fourth-order valence-corrected chi connectivity index (χ4v) is 3.21. The first-order valence-electron chi connectivity index (χ1n) is 8.97. The topological polar surface area (TPSA) is 0 Å². The van der Waals surface area contributed by atoms with Crippen LogP contribution in [-0.4, -0.2) is 0 Å². The van der Waals surface area contributed by atoms with E-state index in [-0.39, 0.29) is 0 Å². The zero-order valence-corrected chi connectivity index (χ0v) is 14.2. The van der Waals surface area contributed by atoms with Gasteiger partial charge in [-0.05, 0) is 11.8 Å². The third-order valence-corrected chi connectivity index (χ3v) is 3.97. The molecule has 0 amide bonds. The highest BCUT2D eigenvalue weighted by atomic mass is 14.3. The molecular weight excluding hydrogens is 216 g/mol. The van der Waals surface area contributed by atoms with Crippen molar-refractivity contribution in [3.05, 3.63) is 0 Å². The molecule has 0 atom stereocenters. The average molecular weight is 257 g/mol. The van der Waals surface area contributed by atoms with Crippen LogP contribution < -0.4 is 0 Å². The molecular formula is C18H40. The molecule has 112 valence electrons. The Morgan fingerprint density at radius 1 is 0.389 bits per heavy atom. The zero-order valence-electron chi connectivity index (χ0n) is 14.2. The van der Waals surface area contributed by atoms with Crippen LogP contribution in [0, 0.1) is 11.8 Å². The molecule has 0 heteroatoms. The van der Waals surface area contributed by atoms with E-state index in [2.05, 4.69) is 0 Å². The Hall–Kier alpha value is 0. The second-order valence-corrected chi connectivity index (χ2v) is 4.80. The van der Waals surface area contributed by atoms with Gasteiger partial charge < -0.3 is 0 Å². The Morgan fingerprint density at radius 2 is 0.611 bits per heavy atom. The van der Waals surface area contributed by atoms with Gasteiger partial charge in [0.2, 0.25) is 0 Å². The normalized spacial score (nSPS) is 20.3. The lowest BCUT2D eigenvalue weighted by molar-refractivity contribution is 0.196. The van der Waals surface area contributed by atoms with Gasteiger partial charge >= 0.3 is 0 Å². The summed E-state index contributed by atoms with van der Waals surface area (Å²) < 4.78 is 0. The second kappa shape index (κ2) is 17.0. The van der Waals surface area contributed by atoms with Crippen LogP contribution in [0.4, 0.5) is 0 Å². The van der Waals surface area contributed by atoms with Crippen molar-refractivity contribution < 1.29 is 0 Å². The lowest BCUT2D eigenvalue weighted by atomic mass is 9.73. The monoisotopic (exact) mass is 256 g/mol. The molecule has 2 aliphatic carbocycles. The lowest BCUT2D eigenvalue weighted by Crippen LogP contribution is -2.20. The van der Waals surface area contributed by atoms with Crippen molar-refractivity contribution in [1.82, 2.24) is 0 Å². The molecule has 2 saturated carbocycles. The van der Waals surface area contributed by atoms with Crippen molar-refractivity contribution in [2.75, 3.05) is 0 Å². The largest absolute Gasteiger partial charge is 0.0683 e. The van der Waals surface area contributed by atoms with E-state index in [0.29, 0.717) is 0 Å². The van der Waals surface area contributed by atoms with Crippen LogP contribution in [0.3, 0.4) is 0 Å². The van der Waals surface area contributed by atoms with Crippen molar-refractivity contribution in [3.63, 3.8) is 0 Å². The van der Waals surface area contributed by atoms with E-state index in [9.17, 15) is 0 Å². The highest BCUT2D eigenvalue weighted by Gasteiger charge is 2.24. The minimum atomic E-state index is 1.14. The van der Waals surface area contributed by atoms with Gasteiger partial charge in [-0.1, -0.05) is 106 Å². The molecule has 2 rings (SSSR count). The molecule has 0 saturated heterocycles. The van der Waals surface area contributed by atoms with E-state index in [0.717, 1.165) is 11.8 Å². The molecule has 0 spiro atoms. The van der Waals surface area contributed by atoms with Crippen LogP contribution in [0.25, 0.3) is 0 Å². The van der Waals surface area contributed by atoms with E-state index in [1.807, 2.05) is 41.5 Å². The van der Waals surface area contributed by atoms with E-state index in [1.165, 1.54) is 38.5 Å². The summed E-state index contributed by atoms with van der Waals surface area (Å²) >= 11 is 0. The van der Waals surface area contributed by atoms with Crippen LogP contribution in [-0.2, 0) is 0 Å². The standard InChI is InChI=1S/C12H22.3C2H6/c1-3-7-11(8-4-1)12-9-5-2-6-10-12;3*1-2/h11-12H,1-10H2;3*1-2H3. The first-order chi connectivity index (χ1) is 8.97. The first-order valence-corrected chi connectivity index (χ1v) is 8.97. The van der Waals surface area contributed by atoms with E-state index < -0.39 is 0 Å². The van der Waals surface area contributed by atoms with Gasteiger partial charge in [-0.25, -0.2) is 0 Å². The molecule has 0 aromatic rings. The number of hydrogen-bond acceptors (Lipinski definition) is 0. The predicted octanol–water partition coefficient (Wildman–Crippen LogP) is 7.23. The maximum Gasteiger partial charge on any atom is -0.0386 e. The minimum absolute atomic E-state index is 1.14. The SMILES string of the molecule is C1CCC(C2CCCCC2)CC1.CC.CC.CC. The van der Waals surface area contributed by atoms with Crippen molar-refractivity contribution in [2.45, 2.75) is 106 Å². The van der Waals surface area contributed by atoms with Crippen molar-refractivity contribution >= 4 is 0 Å². The molecule has 0 unspecified atom stereocenters. The van der Waals surface area contributed by atoms with Gasteiger partial charge in [0.25, 0.3) is 0 Å². The van der Waals surface area contributed by atoms with Gasteiger partial charge in [-0.2, -0.15) is 0 Å². The van der Waals surface area contributed by atoms with Crippen LogP contribution in [0.2, 0.25) is 0 Å². The fourth-order valence-electron chi connectivity index (χ4n) is 3.21. The third-order valence-electron chi connectivity index (χ3n) is 3.97.